The first kappa shape index (κ1) is 19.4. The molecular weight excluding hydrogens is 360 g/mol. The lowest BCUT2D eigenvalue weighted by molar-refractivity contribution is -0.384. The summed E-state index contributed by atoms with van der Waals surface area (Å²) in [6.07, 6.45) is -1.07. The molecule has 136 valence electrons. The summed E-state index contributed by atoms with van der Waals surface area (Å²) in [6, 6.07) is 8.93. The Bertz CT molecular complexity index is 882. The fourth-order valence-corrected chi connectivity index (χ4v) is 2.50. The summed E-state index contributed by atoms with van der Waals surface area (Å²) >= 11 is 5.89. The Morgan fingerprint density at radius 3 is 2.46 bits per heavy atom. The first-order valence-corrected chi connectivity index (χ1v) is 8.10. The number of rotatable bonds is 5. The second kappa shape index (κ2) is 7.97. The van der Waals surface area contributed by atoms with E-state index in [9.17, 15) is 19.7 Å². The van der Waals surface area contributed by atoms with Crippen molar-refractivity contribution in [2.45, 2.75) is 26.9 Å². The maximum Gasteiger partial charge on any atom is 0.340 e. The van der Waals surface area contributed by atoms with Gasteiger partial charge in [-0.25, -0.2) is 4.79 Å². The molecule has 8 heteroatoms. The summed E-state index contributed by atoms with van der Waals surface area (Å²) in [5.74, 6) is -1.34. The Morgan fingerprint density at radius 1 is 1.19 bits per heavy atom. The van der Waals surface area contributed by atoms with Crippen molar-refractivity contribution in [1.29, 1.82) is 0 Å². The van der Waals surface area contributed by atoms with Crippen LogP contribution < -0.4 is 5.32 Å². The number of nitrogens with zero attached hydrogens (tertiary/aromatic N) is 1. The molecule has 0 saturated carbocycles. The predicted octanol–water partition coefficient (Wildman–Crippen LogP) is 4.05. The number of hydrogen-bond acceptors (Lipinski definition) is 5. The minimum atomic E-state index is -1.07. The van der Waals surface area contributed by atoms with E-state index < -0.39 is 22.9 Å². The third kappa shape index (κ3) is 4.58. The number of aryl methyl sites for hydroxylation is 2. The van der Waals surface area contributed by atoms with Crippen LogP contribution in [-0.2, 0) is 9.53 Å². The van der Waals surface area contributed by atoms with E-state index in [0.29, 0.717) is 5.69 Å². The van der Waals surface area contributed by atoms with Crippen molar-refractivity contribution in [2.24, 2.45) is 0 Å². The standard InChI is InChI=1S/C18H17ClN2O5/c1-10-4-7-16(11(2)8-10)20-17(22)12(3)26-18(23)14-6-5-13(21(24)25)9-15(14)19/h4-9,12H,1-3H3,(H,20,22)/t12-/m1/s1. The van der Waals surface area contributed by atoms with Gasteiger partial charge in [0, 0.05) is 17.8 Å². The second-order valence-electron chi connectivity index (χ2n) is 5.78. The number of amides is 1. The summed E-state index contributed by atoms with van der Waals surface area (Å²) in [6.45, 7) is 5.23. The van der Waals surface area contributed by atoms with Gasteiger partial charge in [0.2, 0.25) is 0 Å². The number of carbonyl (C=O) groups excluding carboxylic acids is 2. The van der Waals surface area contributed by atoms with Crippen LogP contribution in [0.1, 0.15) is 28.4 Å². The molecule has 1 atom stereocenters. The number of nitrogens with one attached hydrogen (secondary N) is 1. The van der Waals surface area contributed by atoms with Crippen molar-refractivity contribution in [3.8, 4) is 0 Å². The highest BCUT2D eigenvalue weighted by molar-refractivity contribution is 6.33. The van der Waals surface area contributed by atoms with E-state index in [1.54, 1.807) is 6.07 Å². The average Bonchev–Trinajstić information content (AvgIpc) is 2.56. The zero-order valence-corrected chi connectivity index (χ0v) is 15.2. The minimum Gasteiger partial charge on any atom is -0.449 e. The molecule has 26 heavy (non-hydrogen) atoms. The Morgan fingerprint density at radius 2 is 1.88 bits per heavy atom. The monoisotopic (exact) mass is 376 g/mol. The van der Waals surface area contributed by atoms with Crippen LogP contribution in [0.25, 0.3) is 0 Å². The topological polar surface area (TPSA) is 98.5 Å². The Labute approximate surface area is 155 Å². The number of carbonyl (C=O) groups is 2. The van der Waals surface area contributed by atoms with Crippen molar-refractivity contribution in [1.82, 2.24) is 0 Å². The molecule has 2 aromatic carbocycles. The molecule has 0 heterocycles. The van der Waals surface area contributed by atoms with Crippen molar-refractivity contribution < 1.29 is 19.2 Å². The third-order valence-electron chi connectivity index (χ3n) is 3.68. The average molecular weight is 377 g/mol. The molecule has 2 rings (SSSR count). The van der Waals surface area contributed by atoms with Crippen LogP contribution in [0.5, 0.6) is 0 Å². The van der Waals surface area contributed by atoms with Gasteiger partial charge in [0.1, 0.15) is 0 Å². The summed E-state index contributed by atoms with van der Waals surface area (Å²) in [5, 5.41) is 13.3. The smallest absolute Gasteiger partial charge is 0.340 e. The van der Waals surface area contributed by atoms with Gasteiger partial charge >= 0.3 is 5.97 Å². The summed E-state index contributed by atoms with van der Waals surface area (Å²) in [5.41, 5.74) is 2.27. The number of nitro groups is 1. The molecule has 1 amide bonds. The number of nitro benzene ring substituents is 1. The normalized spacial score (nSPS) is 11.5. The lowest BCUT2D eigenvalue weighted by Gasteiger charge is -2.15. The van der Waals surface area contributed by atoms with Crippen LogP contribution in [0, 0.1) is 24.0 Å². The maximum absolute atomic E-state index is 12.2. The van der Waals surface area contributed by atoms with Gasteiger partial charge in [0.15, 0.2) is 6.10 Å². The number of benzene rings is 2. The molecule has 0 aliphatic carbocycles. The molecule has 0 aromatic heterocycles. The van der Waals surface area contributed by atoms with Gasteiger partial charge in [-0.2, -0.15) is 0 Å². The molecule has 0 unspecified atom stereocenters. The second-order valence-corrected chi connectivity index (χ2v) is 6.18. The molecule has 0 aliphatic heterocycles. The third-order valence-corrected chi connectivity index (χ3v) is 3.99. The van der Waals surface area contributed by atoms with E-state index in [1.165, 1.54) is 13.0 Å². The van der Waals surface area contributed by atoms with E-state index >= 15 is 0 Å². The van der Waals surface area contributed by atoms with E-state index in [-0.39, 0.29) is 16.3 Å². The molecule has 0 saturated heterocycles. The van der Waals surface area contributed by atoms with E-state index in [1.807, 2.05) is 26.0 Å². The van der Waals surface area contributed by atoms with E-state index in [0.717, 1.165) is 23.3 Å². The van der Waals surface area contributed by atoms with Crippen LogP contribution in [0.4, 0.5) is 11.4 Å². The van der Waals surface area contributed by atoms with Crippen molar-refractivity contribution in [3.05, 3.63) is 68.2 Å². The molecule has 1 N–H and O–H groups in total. The summed E-state index contributed by atoms with van der Waals surface area (Å²) in [4.78, 5) is 34.5. The van der Waals surface area contributed by atoms with Crippen molar-refractivity contribution >= 4 is 34.9 Å². The first-order chi connectivity index (χ1) is 12.2. The minimum absolute atomic E-state index is 0.0524. The Kier molecular flexibility index (Phi) is 5.94. The van der Waals surface area contributed by atoms with Crippen LogP contribution in [0.3, 0.4) is 0 Å². The fourth-order valence-electron chi connectivity index (χ4n) is 2.25. The van der Waals surface area contributed by atoms with E-state index in [2.05, 4.69) is 5.32 Å². The zero-order chi connectivity index (χ0) is 19.4. The number of ether oxygens (including phenoxy) is 1. The van der Waals surface area contributed by atoms with Crippen molar-refractivity contribution in [3.63, 3.8) is 0 Å². The molecule has 0 bridgehead atoms. The lowest BCUT2D eigenvalue weighted by atomic mass is 10.1. The molecule has 0 spiro atoms. The van der Waals surface area contributed by atoms with Gasteiger partial charge in [-0.05, 0) is 38.5 Å². The van der Waals surface area contributed by atoms with Crippen LogP contribution >= 0.6 is 11.6 Å². The largest absolute Gasteiger partial charge is 0.449 e. The zero-order valence-electron chi connectivity index (χ0n) is 14.4. The SMILES string of the molecule is Cc1ccc(NC(=O)[C@@H](C)OC(=O)c2ccc([N+](=O)[O-])cc2Cl)c(C)c1. The molecule has 2 aromatic rings. The van der Waals surface area contributed by atoms with Crippen LogP contribution in [-0.4, -0.2) is 22.9 Å². The van der Waals surface area contributed by atoms with Crippen molar-refractivity contribution in [2.75, 3.05) is 5.32 Å². The number of hydrogen-bond donors (Lipinski definition) is 1. The highest BCUT2D eigenvalue weighted by atomic mass is 35.5. The van der Waals surface area contributed by atoms with Gasteiger partial charge in [-0.1, -0.05) is 29.3 Å². The Balaban J connectivity index is 2.06. The number of anilines is 1. The highest BCUT2D eigenvalue weighted by Crippen LogP contribution is 2.23. The van der Waals surface area contributed by atoms with Gasteiger partial charge in [-0.15, -0.1) is 0 Å². The van der Waals surface area contributed by atoms with E-state index in [4.69, 9.17) is 16.3 Å². The molecule has 7 nitrogen and oxygen atoms in total. The lowest BCUT2D eigenvalue weighted by Crippen LogP contribution is -2.30. The first-order valence-electron chi connectivity index (χ1n) is 7.72. The fraction of sp³-hybridized carbons (Fsp3) is 0.222. The van der Waals surface area contributed by atoms with Gasteiger partial charge in [0.05, 0.1) is 15.5 Å². The summed E-state index contributed by atoms with van der Waals surface area (Å²) in [7, 11) is 0. The number of halogens is 1. The van der Waals surface area contributed by atoms with Gasteiger partial charge in [0.25, 0.3) is 11.6 Å². The quantitative estimate of drug-likeness (QED) is 0.482. The Hall–Kier alpha value is -2.93. The van der Waals surface area contributed by atoms with Crippen LogP contribution in [0.2, 0.25) is 5.02 Å². The maximum atomic E-state index is 12.2. The molecular formula is C18H17ClN2O5. The van der Waals surface area contributed by atoms with Gasteiger partial charge in [-0.3, -0.25) is 14.9 Å². The van der Waals surface area contributed by atoms with Crippen LogP contribution in [0.15, 0.2) is 36.4 Å². The van der Waals surface area contributed by atoms with Gasteiger partial charge < -0.3 is 10.1 Å². The molecule has 0 fully saturated rings. The highest BCUT2D eigenvalue weighted by Gasteiger charge is 2.22. The number of non-ortho nitro benzene ring substituents is 1. The molecule has 0 aliphatic rings. The molecule has 0 radical (unpaired) electrons. The predicted molar refractivity (Wildman–Crippen MR) is 97.5 cm³/mol. The number of esters is 1. The summed E-state index contributed by atoms with van der Waals surface area (Å²) < 4.78 is 5.11.